The minimum absolute atomic E-state index is 0.00384. The molecule has 0 radical (unpaired) electrons. The van der Waals surface area contributed by atoms with Crippen molar-refractivity contribution in [3.63, 3.8) is 0 Å². The summed E-state index contributed by atoms with van der Waals surface area (Å²) in [6.07, 6.45) is 6.03. The Kier molecular flexibility index (Phi) is 7.51. The van der Waals surface area contributed by atoms with Crippen LogP contribution in [0.1, 0.15) is 61.5 Å². The van der Waals surface area contributed by atoms with Crippen molar-refractivity contribution in [1.29, 1.82) is 0 Å². The predicted molar refractivity (Wildman–Crippen MR) is 133 cm³/mol. The van der Waals surface area contributed by atoms with Crippen LogP contribution in [0.4, 0.5) is 4.79 Å². The second kappa shape index (κ2) is 10.6. The number of amides is 2. The standard InChI is InChI=1S/C27H36N4O3/c1-18(2)34-27(33)31-15-13-23(14-16-31)29-25(20-7-8-20)22-11-12-24(28-17-22)19-5-9-21(10-6-19)26(32)30(3)4/h5-6,9-12,17-18,20,23,25,29H,7-8,13-16H2,1-4H3. The van der Waals surface area contributed by atoms with Crippen LogP contribution >= 0.6 is 0 Å². The van der Waals surface area contributed by atoms with Gasteiger partial charge in [-0.3, -0.25) is 9.78 Å². The summed E-state index contributed by atoms with van der Waals surface area (Å²) in [5.74, 6) is 0.642. The first-order valence-corrected chi connectivity index (χ1v) is 12.3. The van der Waals surface area contributed by atoms with Crippen LogP contribution in [0.25, 0.3) is 11.3 Å². The van der Waals surface area contributed by atoms with Gasteiger partial charge in [-0.1, -0.05) is 18.2 Å². The van der Waals surface area contributed by atoms with E-state index in [1.54, 1.807) is 19.0 Å². The van der Waals surface area contributed by atoms with Gasteiger partial charge in [-0.2, -0.15) is 0 Å². The lowest BCUT2D eigenvalue weighted by Crippen LogP contribution is -2.46. The third kappa shape index (κ3) is 5.95. The highest BCUT2D eigenvalue weighted by Gasteiger charge is 2.35. The Bertz CT molecular complexity index is 976. The average molecular weight is 465 g/mol. The molecule has 2 fully saturated rings. The first-order chi connectivity index (χ1) is 16.3. The molecule has 1 aliphatic carbocycles. The van der Waals surface area contributed by atoms with Crippen LogP contribution in [0.3, 0.4) is 0 Å². The van der Waals surface area contributed by atoms with Gasteiger partial charge < -0.3 is 19.9 Å². The maximum Gasteiger partial charge on any atom is 0.410 e. The fourth-order valence-corrected chi connectivity index (χ4v) is 4.49. The van der Waals surface area contributed by atoms with Gasteiger partial charge in [0.1, 0.15) is 0 Å². The van der Waals surface area contributed by atoms with E-state index < -0.39 is 0 Å². The minimum Gasteiger partial charge on any atom is -0.447 e. The third-order valence-electron chi connectivity index (χ3n) is 6.58. The number of carbonyl (C=O) groups excluding carboxylic acids is 2. The molecule has 2 heterocycles. The van der Waals surface area contributed by atoms with Gasteiger partial charge in [-0.25, -0.2) is 4.79 Å². The fraction of sp³-hybridized carbons (Fsp3) is 0.519. The summed E-state index contributed by atoms with van der Waals surface area (Å²) in [5.41, 5.74) is 3.79. The van der Waals surface area contributed by atoms with Crippen LogP contribution in [0.15, 0.2) is 42.6 Å². The SMILES string of the molecule is CC(C)OC(=O)N1CCC(NC(c2ccc(-c3ccc(C(=O)N(C)C)cc3)nc2)C2CC2)CC1. The molecule has 7 heteroatoms. The quantitative estimate of drug-likeness (QED) is 0.653. The van der Waals surface area contributed by atoms with Crippen LogP contribution in [0.2, 0.25) is 0 Å². The normalized spacial score (nSPS) is 17.5. The highest BCUT2D eigenvalue weighted by Crippen LogP contribution is 2.41. The summed E-state index contributed by atoms with van der Waals surface area (Å²) < 4.78 is 5.34. The summed E-state index contributed by atoms with van der Waals surface area (Å²) in [6.45, 7) is 5.22. The molecule has 2 aliphatic rings. The first-order valence-electron chi connectivity index (χ1n) is 12.3. The molecule has 7 nitrogen and oxygen atoms in total. The van der Waals surface area contributed by atoms with Gasteiger partial charge in [0, 0.05) is 56.6 Å². The second-order valence-electron chi connectivity index (χ2n) is 9.93. The number of hydrogen-bond acceptors (Lipinski definition) is 5. The van der Waals surface area contributed by atoms with Crippen LogP contribution in [0.5, 0.6) is 0 Å². The molecule has 1 aliphatic heterocycles. The molecule has 1 saturated carbocycles. The van der Waals surface area contributed by atoms with E-state index >= 15 is 0 Å². The van der Waals surface area contributed by atoms with Crippen molar-refractivity contribution < 1.29 is 14.3 Å². The smallest absolute Gasteiger partial charge is 0.410 e. The van der Waals surface area contributed by atoms with Gasteiger partial charge in [0.05, 0.1) is 11.8 Å². The number of pyridine rings is 1. The molecular weight excluding hydrogens is 428 g/mol. The minimum atomic E-state index is -0.203. The van der Waals surface area contributed by atoms with Gasteiger partial charge in [0.2, 0.25) is 0 Å². The molecule has 4 rings (SSSR count). The van der Waals surface area contributed by atoms with E-state index in [0.717, 1.165) is 37.2 Å². The number of aromatic nitrogens is 1. The van der Waals surface area contributed by atoms with Crippen LogP contribution < -0.4 is 5.32 Å². The Morgan fingerprint density at radius 3 is 2.24 bits per heavy atom. The molecule has 0 spiro atoms. The monoisotopic (exact) mass is 464 g/mol. The van der Waals surface area contributed by atoms with Crippen LogP contribution in [-0.4, -0.2) is 66.1 Å². The van der Waals surface area contributed by atoms with Crippen molar-refractivity contribution in [3.8, 4) is 11.3 Å². The Morgan fingerprint density at radius 1 is 1.03 bits per heavy atom. The Hall–Kier alpha value is -2.93. The average Bonchev–Trinajstić information content (AvgIpc) is 3.67. The Labute approximate surface area is 202 Å². The summed E-state index contributed by atoms with van der Waals surface area (Å²) >= 11 is 0. The van der Waals surface area contributed by atoms with Crippen molar-refractivity contribution in [2.45, 2.75) is 57.7 Å². The lowest BCUT2D eigenvalue weighted by atomic mass is 9.98. The summed E-state index contributed by atoms with van der Waals surface area (Å²) in [5, 5.41) is 3.86. The summed E-state index contributed by atoms with van der Waals surface area (Å²) in [4.78, 5) is 32.4. The number of nitrogens with zero attached hydrogens (tertiary/aromatic N) is 3. The van der Waals surface area contributed by atoms with E-state index in [1.165, 1.54) is 18.4 Å². The second-order valence-corrected chi connectivity index (χ2v) is 9.93. The Morgan fingerprint density at radius 2 is 1.71 bits per heavy atom. The zero-order valence-corrected chi connectivity index (χ0v) is 20.7. The molecule has 1 saturated heterocycles. The number of nitrogens with one attached hydrogen (secondary N) is 1. The van der Waals surface area contributed by atoms with Crippen molar-refractivity contribution >= 4 is 12.0 Å². The maximum absolute atomic E-state index is 12.2. The molecule has 34 heavy (non-hydrogen) atoms. The largest absolute Gasteiger partial charge is 0.447 e. The van der Waals surface area contributed by atoms with E-state index in [0.29, 0.717) is 23.6 Å². The van der Waals surface area contributed by atoms with E-state index in [4.69, 9.17) is 9.72 Å². The lowest BCUT2D eigenvalue weighted by molar-refractivity contribution is 0.0670. The van der Waals surface area contributed by atoms with Crippen molar-refractivity contribution in [1.82, 2.24) is 20.1 Å². The van der Waals surface area contributed by atoms with E-state index in [9.17, 15) is 9.59 Å². The van der Waals surface area contributed by atoms with E-state index in [1.807, 2.05) is 49.2 Å². The summed E-state index contributed by atoms with van der Waals surface area (Å²) in [7, 11) is 3.51. The van der Waals surface area contributed by atoms with E-state index in [2.05, 4.69) is 17.4 Å². The zero-order chi connectivity index (χ0) is 24.2. The fourth-order valence-electron chi connectivity index (χ4n) is 4.49. The Balaban J connectivity index is 1.37. The molecule has 2 amide bonds. The predicted octanol–water partition coefficient (Wildman–Crippen LogP) is 4.50. The summed E-state index contributed by atoms with van der Waals surface area (Å²) in [6, 6.07) is 12.5. The molecule has 1 aromatic carbocycles. The lowest BCUT2D eigenvalue weighted by Gasteiger charge is -2.34. The number of benzene rings is 1. The topological polar surface area (TPSA) is 74.8 Å². The van der Waals surface area contributed by atoms with Gasteiger partial charge >= 0.3 is 6.09 Å². The van der Waals surface area contributed by atoms with Gasteiger partial charge in [-0.05, 0) is 69.2 Å². The molecule has 182 valence electrons. The first kappa shape index (κ1) is 24.2. The van der Waals surface area contributed by atoms with Crippen LogP contribution in [0, 0.1) is 5.92 Å². The number of hydrogen-bond donors (Lipinski definition) is 1. The molecule has 1 aromatic heterocycles. The van der Waals surface area contributed by atoms with E-state index in [-0.39, 0.29) is 18.1 Å². The number of likely N-dealkylation sites (tertiary alicyclic amines) is 1. The number of piperidine rings is 1. The molecule has 2 aromatic rings. The molecular formula is C27H36N4O3. The van der Waals surface area contributed by atoms with Gasteiger partial charge in [-0.15, -0.1) is 0 Å². The van der Waals surface area contributed by atoms with Crippen molar-refractivity contribution in [3.05, 3.63) is 53.7 Å². The highest BCUT2D eigenvalue weighted by atomic mass is 16.6. The number of rotatable bonds is 7. The molecule has 1 atom stereocenters. The number of ether oxygens (including phenoxy) is 1. The third-order valence-corrected chi connectivity index (χ3v) is 6.58. The van der Waals surface area contributed by atoms with Crippen molar-refractivity contribution in [2.75, 3.05) is 27.2 Å². The number of carbonyl (C=O) groups is 2. The van der Waals surface area contributed by atoms with Crippen molar-refractivity contribution in [2.24, 2.45) is 5.92 Å². The van der Waals surface area contributed by atoms with Crippen LogP contribution in [-0.2, 0) is 4.74 Å². The highest BCUT2D eigenvalue weighted by molar-refractivity contribution is 5.94. The van der Waals surface area contributed by atoms with Gasteiger partial charge in [0.25, 0.3) is 5.91 Å². The molecule has 0 bridgehead atoms. The molecule has 1 unspecified atom stereocenters. The van der Waals surface area contributed by atoms with Gasteiger partial charge in [0.15, 0.2) is 0 Å². The zero-order valence-electron chi connectivity index (χ0n) is 20.7. The molecule has 1 N–H and O–H groups in total. The maximum atomic E-state index is 12.2.